The van der Waals surface area contributed by atoms with Crippen LogP contribution in [0.5, 0.6) is 0 Å². The molecule has 6 atom stereocenters. The summed E-state index contributed by atoms with van der Waals surface area (Å²) in [6.07, 6.45) is 6.31. The Morgan fingerprint density at radius 1 is 0.903 bits per heavy atom. The van der Waals surface area contributed by atoms with Crippen LogP contribution >= 0.6 is 0 Å². The summed E-state index contributed by atoms with van der Waals surface area (Å²) in [7, 11) is 0. The molecule has 0 saturated heterocycles. The Labute approximate surface area is 191 Å². The number of rotatable bonds is 12. The predicted molar refractivity (Wildman–Crippen MR) is 125 cm³/mol. The van der Waals surface area contributed by atoms with Crippen molar-refractivity contribution in [3.8, 4) is 0 Å². The lowest BCUT2D eigenvalue weighted by Crippen LogP contribution is -2.58. The highest BCUT2D eigenvalue weighted by molar-refractivity contribution is 5.88. The van der Waals surface area contributed by atoms with Crippen LogP contribution in [0.15, 0.2) is 0 Å². The molecule has 0 aromatic rings. The van der Waals surface area contributed by atoms with Gasteiger partial charge in [-0.15, -0.1) is 0 Å². The summed E-state index contributed by atoms with van der Waals surface area (Å²) in [6.45, 7) is 18.5. The second-order valence-corrected chi connectivity index (χ2v) is 11.3. The SMILES string of the molecule is CCCCOC(=O)C1C2CC(CC(C)C)(C(C)C2C)C1(CC(C)C)C(=O)OCCCC. The van der Waals surface area contributed by atoms with E-state index in [2.05, 4.69) is 55.4 Å². The quantitative estimate of drug-likeness (QED) is 0.253. The first kappa shape index (κ1) is 26.2. The highest BCUT2D eigenvalue weighted by Gasteiger charge is 2.77. The smallest absolute Gasteiger partial charge is 0.313 e. The van der Waals surface area contributed by atoms with Crippen LogP contribution < -0.4 is 0 Å². The summed E-state index contributed by atoms with van der Waals surface area (Å²) >= 11 is 0. The molecule has 2 fully saturated rings. The average Bonchev–Trinajstić information content (AvgIpc) is 3.09. The maximum absolute atomic E-state index is 14.0. The molecule has 2 saturated carbocycles. The molecule has 0 spiro atoms. The van der Waals surface area contributed by atoms with Crippen molar-refractivity contribution >= 4 is 11.9 Å². The van der Waals surface area contributed by atoms with Gasteiger partial charge in [0.2, 0.25) is 0 Å². The normalized spacial score (nSPS) is 34.5. The second kappa shape index (κ2) is 10.7. The van der Waals surface area contributed by atoms with Gasteiger partial charge in [0.05, 0.1) is 24.5 Å². The van der Waals surface area contributed by atoms with Crippen molar-refractivity contribution in [2.24, 2.45) is 46.3 Å². The molecule has 31 heavy (non-hydrogen) atoms. The van der Waals surface area contributed by atoms with Crippen molar-refractivity contribution in [1.82, 2.24) is 0 Å². The summed E-state index contributed by atoms with van der Waals surface area (Å²) in [4.78, 5) is 27.6. The standard InChI is InChI=1S/C27H48O4/c1-9-11-13-30-24(28)23-22-17-26(15-18(3)4,21(8)20(22)7)27(23,16-19(5)6)25(29)31-14-12-10-2/h18-23H,9-17H2,1-8H3. The van der Waals surface area contributed by atoms with Crippen molar-refractivity contribution in [2.45, 2.75) is 100 Å². The molecule has 0 amide bonds. The van der Waals surface area contributed by atoms with Crippen molar-refractivity contribution in [1.29, 1.82) is 0 Å². The number of fused-ring (bicyclic) bond motifs is 2. The van der Waals surface area contributed by atoms with Gasteiger partial charge in [0, 0.05) is 0 Å². The third-order valence-electron chi connectivity index (χ3n) is 8.38. The number of carbonyl (C=O) groups is 2. The van der Waals surface area contributed by atoms with Crippen molar-refractivity contribution in [3.05, 3.63) is 0 Å². The van der Waals surface area contributed by atoms with Crippen molar-refractivity contribution in [3.63, 3.8) is 0 Å². The van der Waals surface area contributed by atoms with Gasteiger partial charge in [-0.1, -0.05) is 68.2 Å². The molecule has 0 aromatic heterocycles. The molecule has 0 aromatic carbocycles. The van der Waals surface area contributed by atoms with Gasteiger partial charge in [0.15, 0.2) is 0 Å². The first-order valence-corrected chi connectivity index (χ1v) is 12.9. The lowest BCUT2D eigenvalue weighted by molar-refractivity contribution is -0.191. The van der Waals surface area contributed by atoms with E-state index < -0.39 is 5.41 Å². The Bertz CT molecular complexity index is 612. The lowest BCUT2D eigenvalue weighted by atomic mass is 9.48. The maximum Gasteiger partial charge on any atom is 0.313 e. The minimum Gasteiger partial charge on any atom is -0.465 e. The van der Waals surface area contributed by atoms with Crippen LogP contribution in [-0.4, -0.2) is 25.2 Å². The summed E-state index contributed by atoms with van der Waals surface area (Å²) in [5, 5.41) is 0. The van der Waals surface area contributed by atoms with Gasteiger partial charge in [0.25, 0.3) is 0 Å². The van der Waals surface area contributed by atoms with E-state index in [1.54, 1.807) is 0 Å². The number of hydrogen-bond donors (Lipinski definition) is 0. The van der Waals surface area contributed by atoms with E-state index in [-0.39, 0.29) is 29.2 Å². The minimum absolute atomic E-state index is 0.131. The Morgan fingerprint density at radius 3 is 1.97 bits per heavy atom. The Morgan fingerprint density at radius 2 is 1.45 bits per heavy atom. The average molecular weight is 437 g/mol. The zero-order valence-electron chi connectivity index (χ0n) is 21.5. The summed E-state index contributed by atoms with van der Waals surface area (Å²) in [5.41, 5.74) is -0.980. The monoisotopic (exact) mass is 436 g/mol. The highest BCUT2D eigenvalue weighted by Crippen LogP contribution is 2.75. The lowest BCUT2D eigenvalue weighted by Gasteiger charge is -2.54. The molecule has 0 N–H and O–H groups in total. The molecule has 4 nitrogen and oxygen atoms in total. The second-order valence-electron chi connectivity index (χ2n) is 11.3. The molecule has 0 aliphatic heterocycles. The molecule has 2 bridgehead atoms. The zero-order chi connectivity index (χ0) is 23.4. The maximum atomic E-state index is 14.0. The molecule has 180 valence electrons. The first-order chi connectivity index (χ1) is 14.6. The van der Waals surface area contributed by atoms with Gasteiger partial charge < -0.3 is 9.47 Å². The van der Waals surface area contributed by atoms with E-state index in [9.17, 15) is 9.59 Å². The minimum atomic E-state index is -0.779. The van der Waals surface area contributed by atoms with Crippen LogP contribution in [0, 0.1) is 46.3 Å². The van der Waals surface area contributed by atoms with E-state index in [0.29, 0.717) is 43.3 Å². The third-order valence-corrected chi connectivity index (χ3v) is 8.38. The van der Waals surface area contributed by atoms with Gasteiger partial charge in [0.1, 0.15) is 0 Å². The van der Waals surface area contributed by atoms with E-state index in [0.717, 1.165) is 38.5 Å². The molecule has 6 unspecified atom stereocenters. The van der Waals surface area contributed by atoms with Gasteiger partial charge in [-0.25, -0.2) is 0 Å². The first-order valence-electron chi connectivity index (χ1n) is 12.9. The van der Waals surface area contributed by atoms with E-state index in [1.807, 2.05) is 0 Å². The Balaban J connectivity index is 2.59. The molecule has 4 heteroatoms. The third kappa shape index (κ3) is 4.69. The summed E-state index contributed by atoms with van der Waals surface area (Å²) in [6, 6.07) is 0. The van der Waals surface area contributed by atoms with E-state index in [4.69, 9.17) is 9.47 Å². The van der Waals surface area contributed by atoms with Crippen molar-refractivity contribution < 1.29 is 19.1 Å². The molecular formula is C27H48O4. The number of hydrogen-bond acceptors (Lipinski definition) is 4. The summed E-state index contributed by atoms with van der Waals surface area (Å²) in [5.74, 6) is 1.08. The number of esters is 2. The van der Waals surface area contributed by atoms with Crippen molar-refractivity contribution in [2.75, 3.05) is 13.2 Å². The fourth-order valence-electron chi connectivity index (χ4n) is 7.14. The molecule has 0 radical (unpaired) electrons. The van der Waals surface area contributed by atoms with Gasteiger partial charge >= 0.3 is 11.9 Å². The Kier molecular flexibility index (Phi) is 9.05. The van der Waals surface area contributed by atoms with Crippen LogP contribution in [0.4, 0.5) is 0 Å². The van der Waals surface area contributed by atoms with Gasteiger partial charge in [-0.2, -0.15) is 0 Å². The topological polar surface area (TPSA) is 52.6 Å². The number of ether oxygens (including phenoxy) is 2. The molecular weight excluding hydrogens is 388 g/mol. The van der Waals surface area contributed by atoms with Crippen LogP contribution in [0.1, 0.15) is 100 Å². The van der Waals surface area contributed by atoms with Gasteiger partial charge in [-0.3, -0.25) is 9.59 Å². The van der Waals surface area contributed by atoms with E-state index >= 15 is 0 Å². The fraction of sp³-hybridized carbons (Fsp3) is 0.926. The fourth-order valence-corrected chi connectivity index (χ4v) is 7.14. The molecule has 2 rings (SSSR count). The number of carbonyl (C=O) groups excluding carboxylic acids is 2. The van der Waals surface area contributed by atoms with Crippen LogP contribution in [-0.2, 0) is 19.1 Å². The van der Waals surface area contributed by atoms with Crippen LogP contribution in [0.3, 0.4) is 0 Å². The van der Waals surface area contributed by atoms with Crippen LogP contribution in [0.25, 0.3) is 0 Å². The molecule has 0 heterocycles. The zero-order valence-corrected chi connectivity index (χ0v) is 21.5. The van der Waals surface area contributed by atoms with Gasteiger partial charge in [-0.05, 0) is 67.1 Å². The van der Waals surface area contributed by atoms with E-state index in [1.165, 1.54) is 0 Å². The Hall–Kier alpha value is -1.06. The molecule has 2 aliphatic rings. The highest BCUT2D eigenvalue weighted by atomic mass is 16.5. The largest absolute Gasteiger partial charge is 0.465 e. The summed E-state index contributed by atoms with van der Waals surface area (Å²) < 4.78 is 11.8. The number of unbranched alkanes of at least 4 members (excludes halogenated alkanes) is 2. The van der Waals surface area contributed by atoms with Crippen LogP contribution in [0.2, 0.25) is 0 Å². The predicted octanol–water partition coefficient (Wildman–Crippen LogP) is 6.66. The molecule has 2 aliphatic carbocycles.